The molecule has 2 aromatic heterocycles. The predicted molar refractivity (Wildman–Crippen MR) is 140 cm³/mol. The van der Waals surface area contributed by atoms with E-state index in [9.17, 15) is 27.2 Å². The van der Waals surface area contributed by atoms with Gasteiger partial charge in [-0.1, -0.05) is 50.2 Å². The van der Waals surface area contributed by atoms with E-state index >= 15 is 0 Å². The van der Waals surface area contributed by atoms with Crippen LogP contribution in [-0.2, 0) is 19.3 Å². The number of hydrogen-bond acceptors (Lipinski definition) is 3. The van der Waals surface area contributed by atoms with Crippen molar-refractivity contribution in [1.82, 2.24) is 18.7 Å². The Labute approximate surface area is 220 Å². The first kappa shape index (κ1) is 26.1. The quantitative estimate of drug-likeness (QED) is 0.261. The largest absolute Gasteiger partial charge is 0.416 e. The summed E-state index contributed by atoms with van der Waals surface area (Å²) in [6.07, 6.45) is -3.18. The first-order chi connectivity index (χ1) is 18.5. The van der Waals surface area contributed by atoms with Gasteiger partial charge < -0.3 is 4.57 Å². The van der Waals surface area contributed by atoms with E-state index in [2.05, 4.69) is 4.98 Å². The minimum absolute atomic E-state index is 0.0575. The van der Waals surface area contributed by atoms with Crippen molar-refractivity contribution in [3.63, 3.8) is 0 Å². The molecule has 0 amide bonds. The second kappa shape index (κ2) is 10.0. The van der Waals surface area contributed by atoms with Gasteiger partial charge in [0.2, 0.25) is 0 Å². The number of benzene rings is 3. The van der Waals surface area contributed by atoms with Crippen molar-refractivity contribution in [3.8, 4) is 5.69 Å². The van der Waals surface area contributed by atoms with Gasteiger partial charge in [0, 0.05) is 6.54 Å². The Hall–Kier alpha value is -4.47. The number of fused-ring (bicyclic) bond motifs is 1. The normalized spacial score (nSPS) is 12.0. The first-order valence-corrected chi connectivity index (χ1v) is 12.2. The molecule has 0 radical (unpaired) electrons. The van der Waals surface area contributed by atoms with Gasteiger partial charge in [-0.25, -0.2) is 18.7 Å². The Balaban J connectivity index is 1.70. The van der Waals surface area contributed by atoms with E-state index in [1.807, 2.05) is 26.0 Å². The predicted octanol–water partition coefficient (Wildman–Crippen LogP) is 5.73. The number of alkyl halides is 3. The molecule has 0 saturated carbocycles. The van der Waals surface area contributed by atoms with Gasteiger partial charge in [0.15, 0.2) is 11.2 Å². The van der Waals surface area contributed by atoms with Gasteiger partial charge in [0.1, 0.15) is 5.82 Å². The molecule has 2 heterocycles. The lowest BCUT2D eigenvalue weighted by atomic mass is 10.0. The van der Waals surface area contributed by atoms with Crippen LogP contribution in [0.3, 0.4) is 0 Å². The highest BCUT2D eigenvalue weighted by Crippen LogP contribution is 2.30. The topological polar surface area (TPSA) is 61.8 Å². The maximum absolute atomic E-state index is 13.7. The highest BCUT2D eigenvalue weighted by Gasteiger charge is 2.30. The third-order valence-electron chi connectivity index (χ3n) is 6.58. The van der Waals surface area contributed by atoms with E-state index in [0.717, 1.165) is 22.3 Å². The lowest BCUT2D eigenvalue weighted by Gasteiger charge is -2.14. The fraction of sp³-hybridized carbons (Fsp3) is 0.207. The molecule has 0 fully saturated rings. The summed E-state index contributed by atoms with van der Waals surface area (Å²) in [7, 11) is 0. The SMILES string of the molecule is CC(C)c1ccc(-n2c(=O)n(Cc3ccc(F)cc3)c(=O)c3c2ncn3Cc2cccc(C(F)(F)F)c2)cc1. The van der Waals surface area contributed by atoms with Crippen molar-refractivity contribution in [2.75, 3.05) is 0 Å². The van der Waals surface area contributed by atoms with Crippen LogP contribution in [0.5, 0.6) is 0 Å². The van der Waals surface area contributed by atoms with Crippen LogP contribution in [0.25, 0.3) is 16.9 Å². The molecule has 0 atom stereocenters. The van der Waals surface area contributed by atoms with E-state index in [0.29, 0.717) is 16.8 Å². The zero-order valence-electron chi connectivity index (χ0n) is 21.1. The summed E-state index contributed by atoms with van der Waals surface area (Å²) >= 11 is 0. The Morgan fingerprint density at radius 2 is 1.56 bits per heavy atom. The molecular weight excluding hydrogens is 512 g/mol. The monoisotopic (exact) mass is 536 g/mol. The fourth-order valence-electron chi connectivity index (χ4n) is 4.50. The van der Waals surface area contributed by atoms with Crippen LogP contribution in [0.15, 0.2) is 88.7 Å². The lowest BCUT2D eigenvalue weighted by molar-refractivity contribution is -0.137. The summed E-state index contributed by atoms with van der Waals surface area (Å²) in [6, 6.07) is 17.5. The van der Waals surface area contributed by atoms with Crippen molar-refractivity contribution >= 4 is 11.2 Å². The van der Waals surface area contributed by atoms with Gasteiger partial charge in [-0.3, -0.25) is 9.36 Å². The fourth-order valence-corrected chi connectivity index (χ4v) is 4.50. The third-order valence-corrected chi connectivity index (χ3v) is 6.58. The van der Waals surface area contributed by atoms with Gasteiger partial charge >= 0.3 is 11.9 Å². The second-order valence-electron chi connectivity index (χ2n) is 9.62. The summed E-state index contributed by atoms with van der Waals surface area (Å²) in [5, 5.41) is 0. The highest BCUT2D eigenvalue weighted by atomic mass is 19.4. The van der Waals surface area contributed by atoms with E-state index in [1.54, 1.807) is 12.1 Å². The van der Waals surface area contributed by atoms with Gasteiger partial charge in [-0.2, -0.15) is 13.2 Å². The lowest BCUT2D eigenvalue weighted by Crippen LogP contribution is -2.40. The highest BCUT2D eigenvalue weighted by molar-refractivity contribution is 5.72. The van der Waals surface area contributed by atoms with Crippen molar-refractivity contribution in [1.29, 1.82) is 0 Å². The molecule has 0 saturated heterocycles. The molecule has 0 aliphatic carbocycles. The summed E-state index contributed by atoms with van der Waals surface area (Å²) in [6.45, 7) is 3.87. The van der Waals surface area contributed by atoms with Crippen LogP contribution in [0, 0.1) is 5.82 Å². The molecule has 0 spiro atoms. The average molecular weight is 537 g/mol. The number of nitrogens with zero attached hydrogens (tertiary/aromatic N) is 4. The van der Waals surface area contributed by atoms with Crippen molar-refractivity contribution in [2.24, 2.45) is 0 Å². The molecule has 5 rings (SSSR count). The first-order valence-electron chi connectivity index (χ1n) is 12.2. The molecule has 0 aliphatic rings. The van der Waals surface area contributed by atoms with Crippen LogP contribution < -0.4 is 11.2 Å². The number of imidazole rings is 1. The standard InChI is InChI=1S/C29H24F4N4O2/c1-18(2)21-8-12-24(13-9-21)37-26-25(27(38)36(28(37)39)16-19-6-10-23(30)11-7-19)35(17-34-26)15-20-4-3-5-22(14-20)29(31,32)33/h3-14,17-18H,15-16H2,1-2H3. The Morgan fingerprint density at radius 1 is 0.872 bits per heavy atom. The molecule has 0 unspecified atom stereocenters. The molecule has 0 N–H and O–H groups in total. The van der Waals surface area contributed by atoms with Crippen molar-refractivity contribution in [2.45, 2.75) is 39.0 Å². The van der Waals surface area contributed by atoms with Gasteiger partial charge in [-0.15, -0.1) is 0 Å². The third kappa shape index (κ3) is 5.14. The van der Waals surface area contributed by atoms with E-state index in [-0.39, 0.29) is 30.2 Å². The number of rotatable bonds is 6. The summed E-state index contributed by atoms with van der Waals surface area (Å²) < 4.78 is 57.1. The summed E-state index contributed by atoms with van der Waals surface area (Å²) in [5.41, 5.74) is 0.418. The number of aromatic nitrogens is 4. The minimum atomic E-state index is -4.52. The second-order valence-corrected chi connectivity index (χ2v) is 9.62. The molecule has 6 nitrogen and oxygen atoms in total. The van der Waals surface area contributed by atoms with Crippen molar-refractivity contribution in [3.05, 3.63) is 128 Å². The smallest absolute Gasteiger partial charge is 0.320 e. The molecule has 200 valence electrons. The zero-order chi connectivity index (χ0) is 27.9. The van der Waals surface area contributed by atoms with Gasteiger partial charge in [0.25, 0.3) is 5.56 Å². The molecule has 0 bridgehead atoms. The minimum Gasteiger partial charge on any atom is -0.320 e. The van der Waals surface area contributed by atoms with Crippen LogP contribution >= 0.6 is 0 Å². The van der Waals surface area contributed by atoms with Crippen LogP contribution in [-0.4, -0.2) is 18.7 Å². The summed E-state index contributed by atoms with van der Waals surface area (Å²) in [4.78, 5) is 31.7. The number of halogens is 4. The number of hydrogen-bond donors (Lipinski definition) is 0. The zero-order valence-corrected chi connectivity index (χ0v) is 21.1. The van der Waals surface area contributed by atoms with E-state index in [4.69, 9.17) is 0 Å². The van der Waals surface area contributed by atoms with Crippen LogP contribution in [0.4, 0.5) is 17.6 Å². The van der Waals surface area contributed by atoms with Gasteiger partial charge in [-0.05, 0) is 59.0 Å². The molecular formula is C29H24F4N4O2. The molecule has 0 aliphatic heterocycles. The molecule has 5 aromatic rings. The molecule has 3 aromatic carbocycles. The van der Waals surface area contributed by atoms with Crippen LogP contribution in [0.2, 0.25) is 0 Å². The maximum Gasteiger partial charge on any atom is 0.416 e. The molecule has 39 heavy (non-hydrogen) atoms. The Morgan fingerprint density at radius 3 is 2.21 bits per heavy atom. The average Bonchev–Trinajstić information content (AvgIpc) is 3.31. The van der Waals surface area contributed by atoms with Gasteiger partial charge in [0.05, 0.1) is 24.1 Å². The van der Waals surface area contributed by atoms with E-state index in [1.165, 1.54) is 51.9 Å². The Bertz CT molecular complexity index is 1760. The molecule has 10 heteroatoms. The Kier molecular flexibility index (Phi) is 6.71. The summed E-state index contributed by atoms with van der Waals surface area (Å²) in [5.74, 6) is -0.196. The van der Waals surface area contributed by atoms with Crippen LogP contribution in [0.1, 0.15) is 42.0 Å². The van der Waals surface area contributed by atoms with E-state index < -0.39 is 28.8 Å². The maximum atomic E-state index is 13.7. The van der Waals surface area contributed by atoms with Crippen molar-refractivity contribution < 1.29 is 17.6 Å².